The number of aliphatic hydroxyl groups excluding tert-OH is 9. The third-order valence-corrected chi connectivity index (χ3v) is 17.8. The lowest BCUT2D eigenvalue weighted by Crippen LogP contribution is -2.63. The molecule has 0 unspecified atom stereocenters. The highest BCUT2D eigenvalue weighted by atomic mass is 32.3. The Morgan fingerprint density at radius 3 is 2.26 bits per heavy atom. The molecule has 4 aliphatic heterocycles. The van der Waals surface area contributed by atoms with Gasteiger partial charge in [0.2, 0.25) is 0 Å². The van der Waals surface area contributed by atoms with Crippen LogP contribution in [0.4, 0.5) is 0 Å². The van der Waals surface area contributed by atoms with Crippen LogP contribution in [0.25, 0.3) is 0 Å². The van der Waals surface area contributed by atoms with Crippen molar-refractivity contribution in [3.8, 4) is 0 Å². The fraction of sp³-hybridized carbons (Fsp3) is 0.955. The van der Waals surface area contributed by atoms with E-state index >= 15 is 0 Å². The summed E-state index contributed by atoms with van der Waals surface area (Å²) in [6.45, 7) is 8.97. The lowest BCUT2D eigenvalue weighted by Gasteiger charge is -2.60. The molecule has 66 heavy (non-hydrogen) atoms. The van der Waals surface area contributed by atoms with E-state index in [4.69, 9.17) is 37.3 Å². The van der Waals surface area contributed by atoms with Crippen molar-refractivity contribution in [2.24, 2.45) is 46.3 Å². The van der Waals surface area contributed by atoms with Gasteiger partial charge in [0.15, 0.2) is 24.7 Å². The van der Waals surface area contributed by atoms with E-state index in [1.807, 2.05) is 13.8 Å². The zero-order valence-electron chi connectivity index (χ0n) is 38.0. The Balaban J connectivity index is 0.973. The van der Waals surface area contributed by atoms with Crippen LogP contribution in [0.1, 0.15) is 86.0 Å². The molecule has 380 valence electrons. The van der Waals surface area contributed by atoms with Gasteiger partial charge in [-0.25, -0.2) is 4.18 Å². The number of ether oxygens (including phenoxy) is 7. The highest BCUT2D eigenvalue weighted by molar-refractivity contribution is 7.80. The number of aliphatic hydroxyl groups is 10. The lowest BCUT2D eigenvalue weighted by atomic mass is 9.46. The quantitative estimate of drug-likeness (QED) is 0.0747. The van der Waals surface area contributed by atoms with E-state index in [1.165, 1.54) is 6.92 Å². The number of hydrogen-bond acceptors (Lipinski definition) is 20. The number of allylic oxidation sites excluding steroid dienone is 1. The predicted octanol–water partition coefficient (Wildman–Crippen LogP) is -1.39. The Bertz CT molecular complexity index is 1840. The van der Waals surface area contributed by atoms with Gasteiger partial charge in [0.05, 0.1) is 44.2 Å². The molecule has 3 saturated carbocycles. The van der Waals surface area contributed by atoms with Crippen LogP contribution in [0.15, 0.2) is 11.6 Å². The smallest absolute Gasteiger partial charge is 0.394 e. The molecule has 8 rings (SSSR count). The molecule has 4 aliphatic carbocycles. The molecule has 4 saturated heterocycles. The summed E-state index contributed by atoms with van der Waals surface area (Å²) in [5.41, 5.74) is -0.101. The second-order valence-electron chi connectivity index (χ2n) is 21.1. The maximum absolute atomic E-state index is 12.1. The third-order valence-electron chi connectivity index (χ3n) is 17.3. The summed E-state index contributed by atoms with van der Waals surface area (Å²) in [4.78, 5) is 0. The van der Waals surface area contributed by atoms with Gasteiger partial charge in [-0.3, -0.25) is 4.55 Å². The average molecular weight is 969 g/mol. The molecule has 4 heterocycles. The highest BCUT2D eigenvalue weighted by Gasteiger charge is 2.69. The van der Waals surface area contributed by atoms with Crippen molar-refractivity contribution < 1.29 is 101 Å². The molecule has 21 nitrogen and oxygen atoms in total. The van der Waals surface area contributed by atoms with Crippen molar-refractivity contribution in [1.29, 1.82) is 0 Å². The molecule has 0 spiro atoms. The minimum absolute atomic E-state index is 0.00993. The van der Waals surface area contributed by atoms with Gasteiger partial charge < -0.3 is 84.2 Å². The molecule has 0 aromatic rings. The van der Waals surface area contributed by atoms with Crippen molar-refractivity contribution in [1.82, 2.24) is 0 Å². The van der Waals surface area contributed by atoms with Crippen LogP contribution in [0, 0.1) is 46.3 Å². The molecular weight excluding hydrogens is 897 g/mol. The third kappa shape index (κ3) is 9.20. The highest BCUT2D eigenvalue weighted by Crippen LogP contribution is 2.70. The summed E-state index contributed by atoms with van der Waals surface area (Å²) in [6.07, 6.45) is -16.3. The second kappa shape index (κ2) is 19.2. The molecule has 0 aromatic carbocycles. The first kappa shape index (κ1) is 51.3. The van der Waals surface area contributed by atoms with Gasteiger partial charge in [-0.1, -0.05) is 39.3 Å². The monoisotopic (exact) mass is 968 g/mol. The number of rotatable bonds is 13. The minimum Gasteiger partial charge on any atom is -0.394 e. The summed E-state index contributed by atoms with van der Waals surface area (Å²) >= 11 is 0. The Kier molecular flexibility index (Phi) is 14.9. The Hall–Kier alpha value is -1.07. The van der Waals surface area contributed by atoms with Crippen LogP contribution in [0.2, 0.25) is 0 Å². The predicted molar refractivity (Wildman–Crippen MR) is 223 cm³/mol. The molecule has 26 atom stereocenters. The molecule has 22 heteroatoms. The first-order valence-corrected chi connectivity index (χ1v) is 24.9. The van der Waals surface area contributed by atoms with Gasteiger partial charge in [0, 0.05) is 24.2 Å². The summed E-state index contributed by atoms with van der Waals surface area (Å²) < 4.78 is 81.5. The fourth-order valence-corrected chi connectivity index (χ4v) is 14.0. The van der Waals surface area contributed by atoms with E-state index in [9.17, 15) is 64.0 Å². The molecule has 0 bridgehead atoms. The summed E-state index contributed by atoms with van der Waals surface area (Å²) in [5.74, 6) is -1.48. The summed E-state index contributed by atoms with van der Waals surface area (Å²) in [6, 6.07) is 0. The molecule has 0 aromatic heterocycles. The van der Waals surface area contributed by atoms with Gasteiger partial charge in [-0.05, 0) is 80.5 Å². The fourth-order valence-electron chi connectivity index (χ4n) is 13.6. The van der Waals surface area contributed by atoms with Gasteiger partial charge in [0.25, 0.3) is 0 Å². The maximum Gasteiger partial charge on any atom is 0.397 e. The Labute approximate surface area is 384 Å². The van der Waals surface area contributed by atoms with E-state index in [0.717, 1.165) is 18.4 Å². The SMILES string of the molecule is C[C@H](CC[C@@]1(O)O[C@H]2C[C@H]3[C@@H]4CC=C5C[C@@H](OS(=O)(=O)O)C[C@@H](O[C@@H]6OC[C@H](O)[C@H](O)[C@H]6O[C@@H]6O[C@@H](C)[C@H](O)[C@@H](O)[C@H]6O)[C@]5(C)[C@H]4CC[C@]3(C)[C@H]2[C@@H]1C)CO[C@@H]1O[C@H](CO)[C@@H](O)[C@H](O)[C@H]1O. The van der Waals surface area contributed by atoms with E-state index in [1.54, 1.807) is 0 Å². The average Bonchev–Trinajstić information content (AvgIpc) is 3.70. The lowest BCUT2D eigenvalue weighted by molar-refractivity contribution is -0.362. The molecule has 11 N–H and O–H groups in total. The molecule has 8 aliphatic rings. The maximum atomic E-state index is 12.1. The van der Waals surface area contributed by atoms with Gasteiger partial charge in [-0.15, -0.1) is 0 Å². The Morgan fingerprint density at radius 1 is 0.864 bits per heavy atom. The molecular formula is C44H72O21S. The second-order valence-corrected chi connectivity index (χ2v) is 22.2. The molecule has 7 fully saturated rings. The van der Waals surface area contributed by atoms with Gasteiger partial charge >= 0.3 is 10.4 Å². The Morgan fingerprint density at radius 2 is 1.56 bits per heavy atom. The first-order chi connectivity index (χ1) is 30.9. The van der Waals surface area contributed by atoms with Crippen LogP contribution in [-0.4, -0.2) is 194 Å². The van der Waals surface area contributed by atoms with E-state index in [-0.39, 0.29) is 73.1 Å². The van der Waals surface area contributed by atoms with E-state index in [0.29, 0.717) is 25.7 Å². The van der Waals surface area contributed by atoms with Crippen LogP contribution >= 0.6 is 0 Å². The van der Waals surface area contributed by atoms with Crippen LogP contribution in [0.3, 0.4) is 0 Å². The van der Waals surface area contributed by atoms with E-state index in [2.05, 4.69) is 19.9 Å². The number of fused-ring (bicyclic) bond motifs is 7. The standard InChI is InChI=1S/C44H72O21S/c1-18(16-58-39-36(52)35(51)33(49)28(15-45)61-39)8-11-44(54)19(2)30-27(64-44)14-25-23-7-6-21-12-22(65-66(55,56)57)13-29(43(21,5)24(23)9-10-42(25,30)4)62-41-38(32(48)26(46)17-59-41)63-40-37(53)34(50)31(47)20(3)60-40/h6,18-20,22-41,45-54H,7-17H2,1-5H3,(H,55,56,57)/t18-,19+,20+,22-,23-,24+,25+,26+,27+,28-,29-,30+,31+,32+,33-,34-,35+,36-,37-,38-,39-,40+,41+,42+,43+,44-/m1/s1. The van der Waals surface area contributed by atoms with Gasteiger partial charge in [0.1, 0.15) is 61.0 Å². The zero-order chi connectivity index (χ0) is 48.0. The van der Waals surface area contributed by atoms with Crippen molar-refractivity contribution in [3.63, 3.8) is 0 Å². The first-order valence-electron chi connectivity index (χ1n) is 23.6. The molecule has 0 amide bonds. The topological polar surface area (TPSA) is 331 Å². The van der Waals surface area contributed by atoms with Gasteiger partial charge in [-0.2, -0.15) is 8.42 Å². The number of hydrogen-bond donors (Lipinski definition) is 11. The zero-order valence-corrected chi connectivity index (χ0v) is 38.9. The van der Waals surface area contributed by atoms with Crippen molar-refractivity contribution in [2.75, 3.05) is 19.8 Å². The van der Waals surface area contributed by atoms with Crippen LogP contribution in [0.5, 0.6) is 0 Å². The van der Waals surface area contributed by atoms with Crippen molar-refractivity contribution in [2.45, 2.75) is 196 Å². The normalized spacial score (nSPS) is 53.3. The van der Waals surface area contributed by atoms with Crippen molar-refractivity contribution >= 4 is 10.4 Å². The van der Waals surface area contributed by atoms with Crippen molar-refractivity contribution in [3.05, 3.63) is 11.6 Å². The van der Waals surface area contributed by atoms with Crippen LogP contribution < -0.4 is 0 Å². The summed E-state index contributed by atoms with van der Waals surface area (Å²) in [5, 5.41) is 106. The van der Waals surface area contributed by atoms with Crippen LogP contribution in [-0.2, 0) is 47.7 Å². The summed E-state index contributed by atoms with van der Waals surface area (Å²) in [7, 11) is -4.88. The van der Waals surface area contributed by atoms with E-state index < -0.39 is 126 Å². The minimum atomic E-state index is -4.88. The molecule has 0 radical (unpaired) electrons. The largest absolute Gasteiger partial charge is 0.397 e.